The summed E-state index contributed by atoms with van der Waals surface area (Å²) in [4.78, 5) is 16.0. The molecule has 4 rings (SSSR count). The largest absolute Gasteiger partial charge is 0.490 e. The summed E-state index contributed by atoms with van der Waals surface area (Å²) in [6.07, 6.45) is 4.55. The van der Waals surface area contributed by atoms with Gasteiger partial charge in [0.25, 0.3) is 0 Å². The second-order valence-corrected chi connectivity index (χ2v) is 11.6. The molecule has 5 heteroatoms. The molecule has 4 nitrogen and oxygen atoms in total. The van der Waals surface area contributed by atoms with Gasteiger partial charge in [-0.15, -0.1) is 0 Å². The van der Waals surface area contributed by atoms with E-state index in [-0.39, 0.29) is 34.8 Å². The fourth-order valence-electron chi connectivity index (χ4n) is 5.39. The van der Waals surface area contributed by atoms with Crippen molar-refractivity contribution in [3.8, 4) is 11.5 Å². The maximum absolute atomic E-state index is 16.1. The Balaban J connectivity index is 1.79. The first kappa shape index (κ1) is 27.2. The van der Waals surface area contributed by atoms with Crippen LogP contribution in [0, 0.1) is 5.82 Å². The van der Waals surface area contributed by atoms with Gasteiger partial charge in [-0.25, -0.2) is 4.39 Å². The molecule has 1 heterocycles. The number of carbonyl (C=O) groups excluding carboxylic acids is 1. The van der Waals surface area contributed by atoms with Gasteiger partial charge in [-0.05, 0) is 79.3 Å². The summed E-state index contributed by atoms with van der Waals surface area (Å²) in [5, 5.41) is 0. The lowest BCUT2D eigenvalue weighted by atomic mass is 9.83. The zero-order chi connectivity index (χ0) is 27.1. The van der Waals surface area contributed by atoms with Crippen molar-refractivity contribution in [1.82, 2.24) is 4.90 Å². The summed E-state index contributed by atoms with van der Waals surface area (Å²) < 4.78 is 27.6. The van der Waals surface area contributed by atoms with E-state index in [9.17, 15) is 4.79 Å². The first-order valence-electron chi connectivity index (χ1n) is 13.8. The Morgan fingerprint density at radius 1 is 1.08 bits per heavy atom. The summed E-state index contributed by atoms with van der Waals surface area (Å²) >= 11 is 0. The molecule has 1 fully saturated rings. The second kappa shape index (κ2) is 10.2. The number of ether oxygens (including phenoxy) is 2. The highest BCUT2D eigenvalue weighted by molar-refractivity contribution is 5.99. The molecule has 0 saturated heterocycles. The third-order valence-electron chi connectivity index (χ3n) is 7.57. The lowest BCUT2D eigenvalue weighted by Crippen LogP contribution is -2.33. The minimum Gasteiger partial charge on any atom is -0.490 e. The molecule has 200 valence electrons. The van der Waals surface area contributed by atoms with E-state index in [0.29, 0.717) is 30.4 Å². The Kier molecular flexibility index (Phi) is 7.47. The Labute approximate surface area is 221 Å². The van der Waals surface area contributed by atoms with Crippen LogP contribution in [0.5, 0.6) is 11.5 Å². The average Bonchev–Trinajstić information content (AvgIpc) is 3.60. The number of carbonyl (C=O) groups is 1. The van der Waals surface area contributed by atoms with Crippen molar-refractivity contribution in [3.05, 3.63) is 64.0 Å². The number of allylic oxidation sites excluding steroid dienone is 1. The topological polar surface area (TPSA) is 38.8 Å². The van der Waals surface area contributed by atoms with Gasteiger partial charge in [0.15, 0.2) is 23.1 Å². The normalized spacial score (nSPS) is 17.0. The fourth-order valence-corrected chi connectivity index (χ4v) is 5.39. The lowest BCUT2D eigenvalue weighted by Gasteiger charge is -2.28. The van der Waals surface area contributed by atoms with Gasteiger partial charge in [0, 0.05) is 16.8 Å². The summed E-state index contributed by atoms with van der Waals surface area (Å²) in [5.41, 5.74) is 4.88. The lowest BCUT2D eigenvalue weighted by molar-refractivity contribution is 0.0938. The first-order valence-corrected chi connectivity index (χ1v) is 13.8. The van der Waals surface area contributed by atoms with Crippen molar-refractivity contribution in [2.75, 3.05) is 19.8 Å². The standard InChI is InChI=1S/C32H42FNO3/c1-9-12-25-28-24(18-27(36-10-2)30(29(28)33)37-11-3)32(13-14-32)34(25)19-26(35)22-15-21(20(4)5)16-23(17-22)31(6,7)8/h12,15-18,20H,9-11,13-14,19H2,1-8H3. The average molecular weight is 508 g/mol. The molecular formula is C32H42FNO3. The zero-order valence-electron chi connectivity index (χ0n) is 23.8. The van der Waals surface area contributed by atoms with Gasteiger partial charge in [0.05, 0.1) is 25.3 Å². The number of hydrogen-bond acceptors (Lipinski definition) is 4. The van der Waals surface area contributed by atoms with Gasteiger partial charge in [-0.3, -0.25) is 4.79 Å². The van der Waals surface area contributed by atoms with E-state index in [1.165, 1.54) is 5.56 Å². The number of rotatable bonds is 9. The number of Topliss-reactive ketones (excluding diaryl/α,β-unsaturated/α-hetero) is 1. The summed E-state index contributed by atoms with van der Waals surface area (Å²) in [6.45, 7) is 17.6. The third kappa shape index (κ3) is 4.89. The highest BCUT2D eigenvalue weighted by atomic mass is 19.1. The first-order chi connectivity index (χ1) is 17.5. The monoisotopic (exact) mass is 507 g/mol. The molecule has 2 aromatic rings. The number of fused-ring (bicyclic) bond motifs is 2. The van der Waals surface area contributed by atoms with Gasteiger partial charge < -0.3 is 14.4 Å². The predicted octanol–water partition coefficient (Wildman–Crippen LogP) is 7.98. The SMILES string of the molecule is CCC=C1c2c(cc(OCC)c(OCC)c2F)C2(CC2)N1CC(=O)c1cc(C(C)C)cc(C(C)(C)C)c1. The zero-order valence-corrected chi connectivity index (χ0v) is 23.8. The maximum Gasteiger partial charge on any atom is 0.197 e. The molecule has 0 amide bonds. The van der Waals surface area contributed by atoms with E-state index >= 15 is 4.39 Å². The van der Waals surface area contributed by atoms with Crippen LogP contribution in [0.3, 0.4) is 0 Å². The van der Waals surface area contributed by atoms with Crippen LogP contribution in [0.1, 0.15) is 113 Å². The molecule has 2 aliphatic rings. The van der Waals surface area contributed by atoms with Crippen LogP contribution in [-0.2, 0) is 11.0 Å². The Morgan fingerprint density at radius 3 is 2.30 bits per heavy atom. The molecule has 1 saturated carbocycles. The van der Waals surface area contributed by atoms with E-state index in [1.807, 2.05) is 45.0 Å². The van der Waals surface area contributed by atoms with E-state index in [4.69, 9.17) is 9.47 Å². The molecule has 1 aliphatic carbocycles. The van der Waals surface area contributed by atoms with Crippen molar-refractivity contribution < 1.29 is 18.7 Å². The Morgan fingerprint density at radius 2 is 1.76 bits per heavy atom. The molecule has 0 aromatic heterocycles. The number of nitrogens with zero attached hydrogens (tertiary/aromatic N) is 1. The summed E-state index contributed by atoms with van der Waals surface area (Å²) in [7, 11) is 0. The Hall–Kier alpha value is -2.82. The van der Waals surface area contributed by atoms with Crippen molar-refractivity contribution in [1.29, 1.82) is 0 Å². The molecule has 1 aliphatic heterocycles. The molecule has 2 aromatic carbocycles. The van der Waals surface area contributed by atoms with Crippen LogP contribution in [0.15, 0.2) is 30.3 Å². The number of ketones is 1. The predicted molar refractivity (Wildman–Crippen MR) is 148 cm³/mol. The van der Waals surface area contributed by atoms with Gasteiger partial charge >= 0.3 is 0 Å². The molecule has 1 spiro atoms. The van der Waals surface area contributed by atoms with E-state index < -0.39 is 0 Å². The fraction of sp³-hybridized carbons (Fsp3) is 0.531. The van der Waals surface area contributed by atoms with Crippen molar-refractivity contribution in [3.63, 3.8) is 0 Å². The number of halogens is 1. The number of hydrogen-bond donors (Lipinski definition) is 0. The molecule has 0 radical (unpaired) electrons. The summed E-state index contributed by atoms with van der Waals surface area (Å²) in [6, 6.07) is 8.25. The van der Waals surface area contributed by atoms with E-state index in [0.717, 1.165) is 41.6 Å². The van der Waals surface area contributed by atoms with E-state index in [2.05, 4.69) is 45.6 Å². The molecule has 0 bridgehead atoms. The van der Waals surface area contributed by atoms with Gasteiger partial charge in [0.2, 0.25) is 0 Å². The minimum atomic E-state index is -0.388. The molecular weight excluding hydrogens is 465 g/mol. The Bertz CT molecular complexity index is 1220. The van der Waals surface area contributed by atoms with Crippen LogP contribution in [0.4, 0.5) is 4.39 Å². The van der Waals surface area contributed by atoms with Crippen LogP contribution >= 0.6 is 0 Å². The molecule has 0 N–H and O–H groups in total. The second-order valence-electron chi connectivity index (χ2n) is 11.6. The van der Waals surface area contributed by atoms with Crippen molar-refractivity contribution in [2.24, 2.45) is 0 Å². The number of benzene rings is 2. The van der Waals surface area contributed by atoms with Crippen molar-refractivity contribution >= 4 is 11.5 Å². The van der Waals surface area contributed by atoms with Crippen LogP contribution < -0.4 is 9.47 Å². The van der Waals surface area contributed by atoms with Crippen LogP contribution in [0.25, 0.3) is 5.70 Å². The van der Waals surface area contributed by atoms with Gasteiger partial charge in [0.1, 0.15) is 0 Å². The quantitative estimate of drug-likeness (QED) is 0.323. The van der Waals surface area contributed by atoms with Crippen molar-refractivity contribution in [2.45, 2.75) is 91.5 Å². The minimum absolute atomic E-state index is 0.0598. The van der Waals surface area contributed by atoms with Gasteiger partial charge in [-0.1, -0.05) is 53.7 Å². The smallest absolute Gasteiger partial charge is 0.197 e. The van der Waals surface area contributed by atoms with Gasteiger partial charge in [-0.2, -0.15) is 0 Å². The van der Waals surface area contributed by atoms with E-state index in [1.54, 1.807) is 0 Å². The van der Waals surface area contributed by atoms with Crippen LogP contribution in [0.2, 0.25) is 0 Å². The molecule has 0 unspecified atom stereocenters. The molecule has 37 heavy (non-hydrogen) atoms. The van der Waals surface area contributed by atoms with Crippen LogP contribution in [-0.4, -0.2) is 30.4 Å². The highest BCUT2D eigenvalue weighted by Crippen LogP contribution is 2.62. The summed E-state index contributed by atoms with van der Waals surface area (Å²) in [5.74, 6) is 0.590. The molecule has 0 atom stereocenters. The highest BCUT2D eigenvalue weighted by Gasteiger charge is 2.58. The maximum atomic E-state index is 16.1. The third-order valence-corrected chi connectivity index (χ3v) is 7.57.